The average Bonchev–Trinajstić information content (AvgIpc) is 2.98. The van der Waals surface area contributed by atoms with Crippen LogP contribution in [0.1, 0.15) is 57.8 Å². The first-order valence-electron chi connectivity index (χ1n) is 8.08. The van der Waals surface area contributed by atoms with E-state index in [2.05, 4.69) is 0 Å². The zero-order valence-corrected chi connectivity index (χ0v) is 11.3. The van der Waals surface area contributed by atoms with Gasteiger partial charge in [-0.1, -0.05) is 6.42 Å². The van der Waals surface area contributed by atoms with Gasteiger partial charge in [-0.2, -0.15) is 0 Å². The van der Waals surface area contributed by atoms with Crippen molar-refractivity contribution in [2.75, 3.05) is 6.61 Å². The summed E-state index contributed by atoms with van der Waals surface area (Å²) < 4.78 is 6.00. The van der Waals surface area contributed by atoms with Crippen LogP contribution in [0.3, 0.4) is 0 Å². The quantitative estimate of drug-likeness (QED) is 0.816. The summed E-state index contributed by atoms with van der Waals surface area (Å²) in [6, 6.07) is 0. The third-order valence-corrected chi connectivity index (χ3v) is 6.51. The molecule has 2 bridgehead atoms. The Bertz CT molecular complexity index is 323. The van der Waals surface area contributed by atoms with Crippen molar-refractivity contribution in [1.82, 2.24) is 0 Å². The predicted molar refractivity (Wildman–Crippen MR) is 70.2 cm³/mol. The lowest BCUT2D eigenvalue weighted by molar-refractivity contribution is -0.163. The summed E-state index contributed by atoms with van der Waals surface area (Å²) in [5.74, 6) is 2.96. The first kappa shape index (κ1) is 11.7. The van der Waals surface area contributed by atoms with Crippen LogP contribution < -0.4 is 0 Å². The minimum Gasteiger partial charge on any atom is -0.393 e. The van der Waals surface area contributed by atoms with Crippen molar-refractivity contribution in [3.8, 4) is 0 Å². The summed E-state index contributed by atoms with van der Waals surface area (Å²) in [6.45, 7) is 0.891. The number of hydrogen-bond donors (Lipinski definition) is 1. The lowest BCUT2D eigenvalue weighted by Gasteiger charge is -2.49. The van der Waals surface area contributed by atoms with Crippen LogP contribution in [0.2, 0.25) is 0 Å². The smallest absolute Gasteiger partial charge is 0.0686 e. The van der Waals surface area contributed by atoms with Gasteiger partial charge in [0.2, 0.25) is 0 Å². The monoisotopic (exact) mass is 250 g/mol. The van der Waals surface area contributed by atoms with Crippen molar-refractivity contribution in [1.29, 1.82) is 0 Å². The summed E-state index contributed by atoms with van der Waals surface area (Å²) in [5, 5.41) is 10.8. The maximum Gasteiger partial charge on any atom is 0.0686 e. The highest BCUT2D eigenvalue weighted by molar-refractivity contribution is 4.99. The number of hydrogen-bond acceptors (Lipinski definition) is 2. The Morgan fingerprint density at radius 1 is 1.11 bits per heavy atom. The highest BCUT2D eigenvalue weighted by Crippen LogP contribution is 2.53. The van der Waals surface area contributed by atoms with E-state index in [-0.39, 0.29) is 11.7 Å². The van der Waals surface area contributed by atoms with Gasteiger partial charge in [-0.25, -0.2) is 0 Å². The van der Waals surface area contributed by atoms with E-state index in [1.54, 1.807) is 0 Å². The molecule has 5 unspecified atom stereocenters. The molecule has 3 saturated carbocycles. The molecule has 4 rings (SSSR count). The predicted octanol–water partition coefficient (Wildman–Crippen LogP) is 3.13. The van der Waals surface area contributed by atoms with Gasteiger partial charge in [-0.15, -0.1) is 0 Å². The number of rotatable bonds is 2. The topological polar surface area (TPSA) is 29.5 Å². The Balaban J connectivity index is 1.43. The summed E-state index contributed by atoms with van der Waals surface area (Å²) in [4.78, 5) is 0. The molecule has 1 spiro atoms. The molecule has 1 N–H and O–H groups in total. The molecule has 102 valence electrons. The van der Waals surface area contributed by atoms with E-state index < -0.39 is 0 Å². The fourth-order valence-electron chi connectivity index (χ4n) is 5.34. The third kappa shape index (κ3) is 1.76. The van der Waals surface area contributed by atoms with Crippen molar-refractivity contribution in [2.24, 2.45) is 23.7 Å². The lowest BCUT2D eigenvalue weighted by atomic mass is 9.68. The molecule has 5 atom stereocenters. The molecule has 1 aliphatic heterocycles. The molecule has 1 saturated heterocycles. The normalized spacial score (nSPS) is 47.2. The zero-order chi connectivity index (χ0) is 12.2. The van der Waals surface area contributed by atoms with Crippen molar-refractivity contribution < 1.29 is 9.84 Å². The van der Waals surface area contributed by atoms with Crippen molar-refractivity contribution in [2.45, 2.75) is 69.5 Å². The van der Waals surface area contributed by atoms with E-state index in [0.717, 1.165) is 31.3 Å². The molecule has 0 aromatic heterocycles. The SMILES string of the molecule is OC(C1CCOC2(CCC2)C1)C1CC2CCC1C2. The summed E-state index contributed by atoms with van der Waals surface area (Å²) in [7, 11) is 0. The summed E-state index contributed by atoms with van der Waals surface area (Å²) >= 11 is 0. The van der Waals surface area contributed by atoms with Crippen LogP contribution >= 0.6 is 0 Å². The van der Waals surface area contributed by atoms with Gasteiger partial charge >= 0.3 is 0 Å². The zero-order valence-electron chi connectivity index (χ0n) is 11.3. The standard InChI is InChI=1S/C16H26O2/c17-15(14-9-11-2-3-12(14)8-11)13-4-7-18-16(10-13)5-1-6-16/h11-15,17H,1-10H2. The van der Waals surface area contributed by atoms with Crippen LogP contribution in [-0.2, 0) is 4.74 Å². The molecule has 4 aliphatic rings. The van der Waals surface area contributed by atoms with E-state index in [9.17, 15) is 5.11 Å². The second-order valence-electron chi connectivity index (χ2n) is 7.47. The van der Waals surface area contributed by atoms with Gasteiger partial charge in [0.1, 0.15) is 0 Å². The first-order valence-corrected chi connectivity index (χ1v) is 8.08. The lowest BCUT2D eigenvalue weighted by Crippen LogP contribution is -2.49. The van der Waals surface area contributed by atoms with Gasteiger partial charge in [0.05, 0.1) is 11.7 Å². The molecule has 2 heteroatoms. The van der Waals surface area contributed by atoms with Crippen LogP contribution in [0.4, 0.5) is 0 Å². The van der Waals surface area contributed by atoms with Crippen LogP contribution in [0.5, 0.6) is 0 Å². The molecule has 2 nitrogen and oxygen atoms in total. The number of aliphatic hydroxyl groups is 1. The van der Waals surface area contributed by atoms with Gasteiger partial charge in [-0.3, -0.25) is 0 Å². The Morgan fingerprint density at radius 3 is 2.61 bits per heavy atom. The van der Waals surface area contributed by atoms with Gasteiger partial charge in [0, 0.05) is 6.61 Å². The molecule has 3 aliphatic carbocycles. The van der Waals surface area contributed by atoms with E-state index in [1.807, 2.05) is 0 Å². The molecule has 0 aromatic rings. The van der Waals surface area contributed by atoms with Gasteiger partial charge < -0.3 is 9.84 Å². The Hall–Kier alpha value is -0.0800. The van der Waals surface area contributed by atoms with E-state index in [1.165, 1.54) is 44.9 Å². The molecule has 0 radical (unpaired) electrons. The van der Waals surface area contributed by atoms with Crippen LogP contribution in [-0.4, -0.2) is 23.4 Å². The van der Waals surface area contributed by atoms with E-state index >= 15 is 0 Å². The first-order chi connectivity index (χ1) is 8.76. The largest absolute Gasteiger partial charge is 0.393 e. The second-order valence-corrected chi connectivity index (χ2v) is 7.47. The van der Waals surface area contributed by atoms with Crippen molar-refractivity contribution in [3.05, 3.63) is 0 Å². The van der Waals surface area contributed by atoms with Crippen LogP contribution in [0.15, 0.2) is 0 Å². The molecule has 0 amide bonds. The van der Waals surface area contributed by atoms with E-state index in [4.69, 9.17) is 4.74 Å². The van der Waals surface area contributed by atoms with Crippen LogP contribution in [0.25, 0.3) is 0 Å². The van der Waals surface area contributed by atoms with Crippen LogP contribution in [0, 0.1) is 23.7 Å². The molecule has 0 aromatic carbocycles. The molecular weight excluding hydrogens is 224 g/mol. The maximum atomic E-state index is 10.8. The summed E-state index contributed by atoms with van der Waals surface area (Å²) in [6.07, 6.45) is 11.6. The van der Waals surface area contributed by atoms with Crippen molar-refractivity contribution >= 4 is 0 Å². The van der Waals surface area contributed by atoms with Gasteiger partial charge in [0.25, 0.3) is 0 Å². The Labute approximate surface area is 110 Å². The molecule has 4 fully saturated rings. The van der Waals surface area contributed by atoms with E-state index in [0.29, 0.717) is 11.8 Å². The van der Waals surface area contributed by atoms with Gasteiger partial charge in [-0.05, 0) is 75.0 Å². The number of aliphatic hydroxyl groups excluding tert-OH is 1. The number of fused-ring (bicyclic) bond motifs is 2. The Morgan fingerprint density at radius 2 is 2.00 bits per heavy atom. The fraction of sp³-hybridized carbons (Fsp3) is 1.00. The molecule has 18 heavy (non-hydrogen) atoms. The summed E-state index contributed by atoms with van der Waals surface area (Å²) in [5.41, 5.74) is 0.196. The second kappa shape index (κ2) is 4.21. The maximum absolute atomic E-state index is 10.8. The number of ether oxygens (including phenoxy) is 1. The van der Waals surface area contributed by atoms with Gasteiger partial charge in [0.15, 0.2) is 0 Å². The highest BCUT2D eigenvalue weighted by atomic mass is 16.5. The highest BCUT2D eigenvalue weighted by Gasteiger charge is 2.49. The minimum absolute atomic E-state index is 0.0262. The average molecular weight is 250 g/mol. The fourth-order valence-corrected chi connectivity index (χ4v) is 5.34. The van der Waals surface area contributed by atoms with Crippen molar-refractivity contribution in [3.63, 3.8) is 0 Å². The molecular formula is C16H26O2. The Kier molecular flexibility index (Phi) is 2.74. The third-order valence-electron chi connectivity index (χ3n) is 6.51. The minimum atomic E-state index is -0.0262. The molecule has 1 heterocycles.